The van der Waals surface area contributed by atoms with Gasteiger partial charge in [0, 0.05) is 24.7 Å². The predicted molar refractivity (Wildman–Crippen MR) is 109 cm³/mol. The van der Waals surface area contributed by atoms with Crippen LogP contribution >= 0.6 is 0 Å². The Balaban J connectivity index is 1.55. The number of nitrogens with one attached hydrogen (secondary N) is 1. The van der Waals surface area contributed by atoms with Crippen molar-refractivity contribution in [3.8, 4) is 0 Å². The summed E-state index contributed by atoms with van der Waals surface area (Å²) in [6.07, 6.45) is 1.48. The number of amides is 2. The Bertz CT molecular complexity index is 863. The summed E-state index contributed by atoms with van der Waals surface area (Å²) in [4.78, 5) is 27.0. The van der Waals surface area contributed by atoms with Gasteiger partial charge in [0.25, 0.3) is 0 Å². The zero-order valence-electron chi connectivity index (χ0n) is 16.7. The molecular weight excluding hydrogens is 355 g/mol. The number of hydrogen-bond donors (Lipinski definition) is 1. The topological polar surface area (TPSA) is 49.4 Å². The molecule has 0 spiro atoms. The lowest BCUT2D eigenvalue weighted by atomic mass is 9.94. The molecule has 1 aliphatic rings. The van der Waals surface area contributed by atoms with Gasteiger partial charge in [0.1, 0.15) is 5.82 Å². The smallest absolute Gasteiger partial charge is 0.227 e. The molecule has 1 heterocycles. The van der Waals surface area contributed by atoms with Crippen LogP contribution < -0.4 is 5.32 Å². The summed E-state index contributed by atoms with van der Waals surface area (Å²) in [6.45, 7) is 7.16. The molecule has 2 aromatic carbocycles. The van der Waals surface area contributed by atoms with Crippen LogP contribution in [0.2, 0.25) is 0 Å². The van der Waals surface area contributed by atoms with E-state index >= 15 is 0 Å². The second-order valence-corrected chi connectivity index (χ2v) is 7.72. The van der Waals surface area contributed by atoms with Crippen LogP contribution in [0.4, 0.5) is 10.1 Å². The number of nitrogens with zero attached hydrogens (tertiary/aromatic N) is 1. The maximum atomic E-state index is 13.3. The number of carbonyl (C=O) groups is 2. The van der Waals surface area contributed by atoms with Gasteiger partial charge in [-0.15, -0.1) is 0 Å². The first-order valence-corrected chi connectivity index (χ1v) is 9.74. The molecule has 28 heavy (non-hydrogen) atoms. The predicted octanol–water partition coefficient (Wildman–Crippen LogP) is 4.17. The minimum atomic E-state index is -0.331. The van der Waals surface area contributed by atoms with Crippen LogP contribution in [-0.2, 0) is 16.0 Å². The molecule has 1 saturated heterocycles. The van der Waals surface area contributed by atoms with Crippen LogP contribution in [0.1, 0.15) is 35.1 Å². The Kier molecular flexibility index (Phi) is 6.12. The molecule has 5 heteroatoms. The summed E-state index contributed by atoms with van der Waals surface area (Å²) in [6, 6.07) is 10.3. The number of carbonyl (C=O) groups excluding carboxylic acids is 2. The van der Waals surface area contributed by atoms with Crippen molar-refractivity contribution < 1.29 is 14.0 Å². The molecule has 2 amide bonds. The molecule has 1 fully saturated rings. The van der Waals surface area contributed by atoms with Crippen LogP contribution in [0.25, 0.3) is 0 Å². The maximum Gasteiger partial charge on any atom is 0.227 e. The summed E-state index contributed by atoms with van der Waals surface area (Å²) in [7, 11) is 0. The van der Waals surface area contributed by atoms with Crippen LogP contribution in [0.5, 0.6) is 0 Å². The summed E-state index contributed by atoms with van der Waals surface area (Å²) in [5.41, 5.74) is 4.87. The van der Waals surface area contributed by atoms with Crippen molar-refractivity contribution in [2.24, 2.45) is 5.92 Å². The van der Waals surface area contributed by atoms with Gasteiger partial charge in [-0.25, -0.2) is 4.39 Å². The van der Waals surface area contributed by atoms with E-state index in [-0.39, 0.29) is 30.0 Å². The first-order valence-electron chi connectivity index (χ1n) is 9.74. The molecule has 3 rings (SSSR count). The van der Waals surface area contributed by atoms with E-state index in [1.807, 2.05) is 20.8 Å². The van der Waals surface area contributed by atoms with Crippen molar-refractivity contribution in [3.63, 3.8) is 0 Å². The molecule has 1 aliphatic heterocycles. The lowest BCUT2D eigenvalue weighted by Gasteiger charge is -2.31. The fraction of sp³-hybridized carbons (Fsp3) is 0.391. The molecule has 0 aromatic heterocycles. The second-order valence-electron chi connectivity index (χ2n) is 7.72. The zero-order chi connectivity index (χ0) is 20.3. The fourth-order valence-corrected chi connectivity index (χ4v) is 3.93. The van der Waals surface area contributed by atoms with E-state index in [0.29, 0.717) is 31.5 Å². The Morgan fingerprint density at radius 3 is 2.32 bits per heavy atom. The standard InChI is InChI=1S/C23H27FN2O2/c1-15-11-16(2)22(17(3)12-15)25-23(28)19-7-9-26(10-8-19)21(27)14-18-5-4-6-20(24)13-18/h4-6,11-13,19H,7-10,14H2,1-3H3,(H,25,28). The Labute approximate surface area is 165 Å². The minimum absolute atomic E-state index is 0.0188. The SMILES string of the molecule is Cc1cc(C)c(NC(=O)C2CCN(C(=O)Cc3cccc(F)c3)CC2)c(C)c1. The number of rotatable bonds is 4. The molecule has 0 saturated carbocycles. The number of aryl methyl sites for hydroxylation is 3. The summed E-state index contributed by atoms with van der Waals surface area (Å²) in [5, 5.41) is 3.08. The molecule has 148 valence electrons. The first-order chi connectivity index (χ1) is 13.3. The summed E-state index contributed by atoms with van der Waals surface area (Å²) >= 11 is 0. The zero-order valence-corrected chi connectivity index (χ0v) is 16.7. The number of piperidine rings is 1. The molecule has 2 aromatic rings. The van der Waals surface area contributed by atoms with Gasteiger partial charge in [-0.1, -0.05) is 29.8 Å². The Morgan fingerprint density at radius 1 is 1.07 bits per heavy atom. The number of likely N-dealkylation sites (tertiary alicyclic amines) is 1. The van der Waals surface area contributed by atoms with Gasteiger partial charge in [-0.3, -0.25) is 9.59 Å². The maximum absolute atomic E-state index is 13.3. The highest BCUT2D eigenvalue weighted by Crippen LogP contribution is 2.25. The normalized spacial score (nSPS) is 14.8. The van der Waals surface area contributed by atoms with Crippen molar-refractivity contribution in [2.75, 3.05) is 18.4 Å². The molecule has 0 unspecified atom stereocenters. The number of halogens is 1. The second kappa shape index (κ2) is 8.55. The van der Waals surface area contributed by atoms with Crippen LogP contribution in [0, 0.1) is 32.5 Å². The molecule has 0 aliphatic carbocycles. The van der Waals surface area contributed by atoms with E-state index < -0.39 is 0 Å². The van der Waals surface area contributed by atoms with Crippen LogP contribution in [0.3, 0.4) is 0 Å². The van der Waals surface area contributed by atoms with E-state index in [0.717, 1.165) is 16.8 Å². The summed E-state index contributed by atoms with van der Waals surface area (Å²) < 4.78 is 13.3. The van der Waals surface area contributed by atoms with Crippen LogP contribution in [0.15, 0.2) is 36.4 Å². The highest BCUT2D eigenvalue weighted by atomic mass is 19.1. The van der Waals surface area contributed by atoms with Gasteiger partial charge in [0.2, 0.25) is 11.8 Å². The van der Waals surface area contributed by atoms with Crippen molar-refractivity contribution in [1.82, 2.24) is 4.90 Å². The minimum Gasteiger partial charge on any atom is -0.342 e. The first kappa shape index (κ1) is 20.1. The molecule has 1 N–H and O–H groups in total. The van der Waals surface area contributed by atoms with E-state index in [4.69, 9.17) is 0 Å². The third-order valence-electron chi connectivity index (χ3n) is 5.39. The monoisotopic (exact) mass is 382 g/mol. The third kappa shape index (κ3) is 4.77. The molecular formula is C23H27FN2O2. The third-order valence-corrected chi connectivity index (χ3v) is 5.39. The van der Waals surface area contributed by atoms with Gasteiger partial charge in [-0.05, 0) is 62.4 Å². The van der Waals surface area contributed by atoms with Gasteiger partial charge in [0.15, 0.2) is 0 Å². The lowest BCUT2D eigenvalue weighted by molar-refractivity contribution is -0.133. The van der Waals surface area contributed by atoms with Gasteiger partial charge in [0.05, 0.1) is 6.42 Å². The number of hydrogen-bond acceptors (Lipinski definition) is 2. The van der Waals surface area contributed by atoms with E-state index in [1.54, 1.807) is 17.0 Å². The van der Waals surface area contributed by atoms with Crippen molar-refractivity contribution in [1.29, 1.82) is 0 Å². The Hall–Kier alpha value is -2.69. The molecule has 0 radical (unpaired) electrons. The quantitative estimate of drug-likeness (QED) is 0.863. The molecule has 0 bridgehead atoms. The van der Waals surface area contributed by atoms with Gasteiger partial charge < -0.3 is 10.2 Å². The highest BCUT2D eigenvalue weighted by molar-refractivity contribution is 5.94. The molecule has 4 nitrogen and oxygen atoms in total. The van der Waals surface area contributed by atoms with E-state index in [2.05, 4.69) is 17.4 Å². The average molecular weight is 382 g/mol. The van der Waals surface area contributed by atoms with Gasteiger partial charge in [-0.2, -0.15) is 0 Å². The van der Waals surface area contributed by atoms with Crippen molar-refractivity contribution >= 4 is 17.5 Å². The van der Waals surface area contributed by atoms with E-state index in [1.165, 1.54) is 17.7 Å². The highest BCUT2D eigenvalue weighted by Gasteiger charge is 2.27. The fourth-order valence-electron chi connectivity index (χ4n) is 3.93. The van der Waals surface area contributed by atoms with E-state index in [9.17, 15) is 14.0 Å². The number of anilines is 1. The summed E-state index contributed by atoms with van der Waals surface area (Å²) in [5.74, 6) is -0.428. The lowest BCUT2D eigenvalue weighted by Crippen LogP contribution is -2.42. The number of benzene rings is 2. The van der Waals surface area contributed by atoms with Gasteiger partial charge >= 0.3 is 0 Å². The largest absolute Gasteiger partial charge is 0.342 e. The van der Waals surface area contributed by atoms with Crippen LogP contribution in [-0.4, -0.2) is 29.8 Å². The average Bonchev–Trinajstić information content (AvgIpc) is 2.64. The Morgan fingerprint density at radius 2 is 1.71 bits per heavy atom. The van der Waals surface area contributed by atoms with Crippen molar-refractivity contribution in [3.05, 3.63) is 64.5 Å². The van der Waals surface area contributed by atoms with Crippen molar-refractivity contribution in [2.45, 2.75) is 40.0 Å². The molecule has 0 atom stereocenters.